The molecule has 0 bridgehead atoms. The normalized spacial score (nSPS) is 22.7. The van der Waals surface area contributed by atoms with E-state index in [0.29, 0.717) is 5.92 Å². The predicted molar refractivity (Wildman–Crippen MR) is 90.2 cm³/mol. The molecule has 1 atom stereocenters. The van der Waals surface area contributed by atoms with E-state index in [2.05, 4.69) is 0 Å². The maximum absolute atomic E-state index is 12.6. The number of halogens is 2. The van der Waals surface area contributed by atoms with Gasteiger partial charge in [-0.25, -0.2) is 4.98 Å². The van der Waals surface area contributed by atoms with E-state index in [4.69, 9.17) is 28.2 Å². The summed E-state index contributed by atoms with van der Waals surface area (Å²) in [5, 5.41) is 1.61. The van der Waals surface area contributed by atoms with E-state index in [9.17, 15) is 4.79 Å². The zero-order valence-electron chi connectivity index (χ0n) is 11.5. The summed E-state index contributed by atoms with van der Waals surface area (Å²) in [6.07, 6.45) is 4.09. The summed E-state index contributed by atoms with van der Waals surface area (Å²) >= 11 is 15.4. The highest BCUT2D eigenvalue weighted by atomic mass is 35.5. The van der Waals surface area contributed by atoms with Gasteiger partial charge in [-0.1, -0.05) is 11.8 Å². The number of thioether (sulfide) groups is 1. The van der Waals surface area contributed by atoms with Crippen molar-refractivity contribution in [3.8, 4) is 0 Å². The van der Waals surface area contributed by atoms with Crippen LogP contribution in [0, 0.1) is 5.92 Å². The van der Waals surface area contributed by atoms with E-state index < -0.39 is 4.33 Å². The molecule has 1 saturated carbocycles. The van der Waals surface area contributed by atoms with Gasteiger partial charge in [0.2, 0.25) is 0 Å². The molecule has 0 amide bonds. The second-order valence-electron chi connectivity index (χ2n) is 5.77. The highest BCUT2D eigenvalue weighted by Crippen LogP contribution is 2.54. The molecule has 2 aromatic heterocycles. The van der Waals surface area contributed by atoms with Crippen LogP contribution in [0.1, 0.15) is 23.3 Å². The molecule has 1 fully saturated rings. The summed E-state index contributed by atoms with van der Waals surface area (Å²) in [7, 11) is 1.80. The second kappa shape index (κ2) is 4.88. The number of thiophene rings is 1. The maximum atomic E-state index is 12.6. The van der Waals surface area contributed by atoms with Crippen molar-refractivity contribution < 1.29 is 0 Å². The van der Waals surface area contributed by atoms with Crippen LogP contribution in [0.2, 0.25) is 0 Å². The van der Waals surface area contributed by atoms with Crippen molar-refractivity contribution in [1.29, 1.82) is 0 Å². The molecule has 0 unspecified atom stereocenters. The first-order valence-electron chi connectivity index (χ1n) is 6.99. The molecule has 0 saturated heterocycles. The standard InChI is InChI=1S/C14H14Cl2N2OS2/c1-18-12(19)10-8-3-2-4-9(8)21-11(10)17-13(18)20-6-7-5-14(7,15)16/h7H,2-6H2,1H3/t7-/m1/s1. The van der Waals surface area contributed by atoms with E-state index in [0.717, 1.165) is 46.8 Å². The molecule has 2 heterocycles. The number of hydrogen-bond donors (Lipinski definition) is 0. The summed E-state index contributed by atoms with van der Waals surface area (Å²) in [6, 6.07) is 0. The fraction of sp³-hybridized carbons (Fsp3) is 0.571. The lowest BCUT2D eigenvalue weighted by Gasteiger charge is -2.07. The summed E-state index contributed by atoms with van der Waals surface area (Å²) < 4.78 is 1.10. The fourth-order valence-electron chi connectivity index (χ4n) is 2.86. The van der Waals surface area contributed by atoms with Crippen LogP contribution in [0.25, 0.3) is 10.2 Å². The molecule has 0 spiro atoms. The van der Waals surface area contributed by atoms with Crippen LogP contribution >= 0.6 is 46.3 Å². The zero-order chi connectivity index (χ0) is 14.8. The van der Waals surface area contributed by atoms with Gasteiger partial charge in [0.1, 0.15) is 9.16 Å². The summed E-state index contributed by atoms with van der Waals surface area (Å²) in [4.78, 5) is 19.6. The third kappa shape index (κ3) is 2.33. The van der Waals surface area contributed by atoms with Crippen LogP contribution in [0.4, 0.5) is 0 Å². The Hall–Kier alpha value is -0.230. The highest BCUT2D eigenvalue weighted by molar-refractivity contribution is 7.99. The second-order valence-corrected chi connectivity index (χ2v) is 9.38. The number of nitrogens with zero attached hydrogens (tertiary/aromatic N) is 2. The Morgan fingerprint density at radius 2 is 2.24 bits per heavy atom. The summed E-state index contributed by atoms with van der Waals surface area (Å²) in [5.74, 6) is 1.11. The minimum absolute atomic E-state index is 0.0840. The van der Waals surface area contributed by atoms with E-state index in [1.165, 1.54) is 10.4 Å². The highest BCUT2D eigenvalue weighted by Gasteiger charge is 2.51. The lowest BCUT2D eigenvalue weighted by Crippen LogP contribution is -2.20. The van der Waals surface area contributed by atoms with Crippen molar-refractivity contribution in [2.75, 3.05) is 5.75 Å². The van der Waals surface area contributed by atoms with Gasteiger partial charge in [0.25, 0.3) is 5.56 Å². The average Bonchev–Trinajstić information content (AvgIpc) is 2.79. The number of alkyl halides is 2. The van der Waals surface area contributed by atoms with Gasteiger partial charge >= 0.3 is 0 Å². The van der Waals surface area contributed by atoms with Crippen LogP contribution in [0.5, 0.6) is 0 Å². The van der Waals surface area contributed by atoms with E-state index in [1.807, 2.05) is 0 Å². The molecule has 0 N–H and O–H groups in total. The monoisotopic (exact) mass is 360 g/mol. The van der Waals surface area contributed by atoms with Crippen LogP contribution < -0.4 is 5.56 Å². The number of aromatic nitrogens is 2. The van der Waals surface area contributed by atoms with E-state index >= 15 is 0 Å². The SMILES string of the molecule is Cn1c(SC[C@H]2CC2(Cl)Cl)nc2sc3c(c2c1=O)CCC3. The Labute approximate surface area is 140 Å². The van der Waals surface area contributed by atoms with Gasteiger partial charge < -0.3 is 0 Å². The molecule has 0 radical (unpaired) electrons. The van der Waals surface area contributed by atoms with Gasteiger partial charge in [0.05, 0.1) is 5.39 Å². The van der Waals surface area contributed by atoms with Gasteiger partial charge in [0, 0.05) is 23.6 Å². The molecule has 112 valence electrons. The van der Waals surface area contributed by atoms with Gasteiger partial charge in [0.15, 0.2) is 5.16 Å². The number of rotatable bonds is 3. The van der Waals surface area contributed by atoms with Crippen molar-refractivity contribution in [1.82, 2.24) is 9.55 Å². The van der Waals surface area contributed by atoms with Crippen LogP contribution in [-0.4, -0.2) is 19.6 Å². The largest absolute Gasteiger partial charge is 0.290 e. The molecular weight excluding hydrogens is 347 g/mol. The average molecular weight is 361 g/mol. The van der Waals surface area contributed by atoms with Gasteiger partial charge in [-0.2, -0.15) is 0 Å². The minimum Gasteiger partial charge on any atom is -0.290 e. The first-order valence-corrected chi connectivity index (χ1v) is 9.55. The predicted octanol–water partition coefficient (Wildman–Crippen LogP) is 3.77. The Bertz CT molecular complexity index is 796. The van der Waals surface area contributed by atoms with Gasteiger partial charge in [-0.3, -0.25) is 9.36 Å². The smallest absolute Gasteiger partial charge is 0.262 e. The molecule has 2 aliphatic rings. The Morgan fingerprint density at radius 1 is 1.48 bits per heavy atom. The molecule has 4 rings (SSSR count). The fourth-order valence-corrected chi connectivity index (χ4v) is 6.06. The van der Waals surface area contributed by atoms with Crippen LogP contribution in [0.15, 0.2) is 9.95 Å². The van der Waals surface area contributed by atoms with Crippen molar-refractivity contribution in [3.05, 3.63) is 20.8 Å². The topological polar surface area (TPSA) is 34.9 Å². The number of hydrogen-bond acceptors (Lipinski definition) is 4. The van der Waals surface area contributed by atoms with Gasteiger partial charge in [-0.15, -0.1) is 34.5 Å². The molecule has 3 nitrogen and oxygen atoms in total. The zero-order valence-corrected chi connectivity index (χ0v) is 14.6. The Balaban J connectivity index is 1.70. The van der Waals surface area contributed by atoms with Crippen molar-refractivity contribution in [2.45, 2.75) is 35.2 Å². The van der Waals surface area contributed by atoms with E-state index in [1.54, 1.807) is 34.7 Å². The lowest BCUT2D eigenvalue weighted by atomic mass is 10.2. The molecule has 2 aliphatic carbocycles. The minimum atomic E-state index is -0.569. The molecular formula is C14H14Cl2N2OS2. The molecule has 21 heavy (non-hydrogen) atoms. The van der Waals surface area contributed by atoms with E-state index in [-0.39, 0.29) is 5.56 Å². The number of fused-ring (bicyclic) bond motifs is 3. The first-order chi connectivity index (χ1) is 9.97. The lowest BCUT2D eigenvalue weighted by molar-refractivity contribution is 0.725. The van der Waals surface area contributed by atoms with Crippen molar-refractivity contribution in [3.63, 3.8) is 0 Å². The molecule has 2 aromatic rings. The third-order valence-corrected chi connectivity index (χ3v) is 7.58. The van der Waals surface area contributed by atoms with Crippen molar-refractivity contribution in [2.24, 2.45) is 13.0 Å². The van der Waals surface area contributed by atoms with Crippen LogP contribution in [0.3, 0.4) is 0 Å². The maximum Gasteiger partial charge on any atom is 0.262 e. The summed E-state index contributed by atoms with van der Waals surface area (Å²) in [6.45, 7) is 0. The third-order valence-electron chi connectivity index (χ3n) is 4.27. The Morgan fingerprint density at radius 3 is 2.95 bits per heavy atom. The quantitative estimate of drug-likeness (QED) is 0.474. The summed E-state index contributed by atoms with van der Waals surface area (Å²) in [5.41, 5.74) is 1.32. The Kier molecular flexibility index (Phi) is 3.34. The molecule has 0 aliphatic heterocycles. The first kappa shape index (κ1) is 14.4. The van der Waals surface area contributed by atoms with Gasteiger partial charge in [-0.05, 0) is 31.2 Å². The molecule has 7 heteroatoms. The van der Waals surface area contributed by atoms with Crippen LogP contribution in [-0.2, 0) is 19.9 Å². The van der Waals surface area contributed by atoms with Crippen molar-refractivity contribution >= 4 is 56.5 Å². The molecule has 0 aromatic carbocycles. The number of aryl methyl sites for hydroxylation is 2.